The van der Waals surface area contributed by atoms with Crippen molar-refractivity contribution in [3.63, 3.8) is 0 Å². The molecule has 0 radical (unpaired) electrons. The first kappa shape index (κ1) is 18.0. The number of hydrazone groups is 1. The summed E-state index contributed by atoms with van der Waals surface area (Å²) in [6, 6.07) is 8.94. The van der Waals surface area contributed by atoms with Crippen LogP contribution in [0.25, 0.3) is 0 Å². The van der Waals surface area contributed by atoms with Gasteiger partial charge in [-0.2, -0.15) is 5.10 Å². The van der Waals surface area contributed by atoms with Crippen LogP contribution in [0.3, 0.4) is 0 Å². The lowest BCUT2D eigenvalue weighted by Gasteiger charge is -2.08. The molecule has 1 heterocycles. The van der Waals surface area contributed by atoms with Crippen LogP contribution in [0.15, 0.2) is 55.6 Å². The molecule has 0 saturated carbocycles. The zero-order valence-electron chi connectivity index (χ0n) is 12.0. The van der Waals surface area contributed by atoms with Crippen molar-refractivity contribution in [2.75, 3.05) is 0 Å². The number of carbonyl (C=O) groups excluding carboxylic acids is 1. The maximum absolute atomic E-state index is 12.0. The average molecular weight is 459 g/mol. The van der Waals surface area contributed by atoms with Gasteiger partial charge >= 0.3 is 0 Å². The van der Waals surface area contributed by atoms with Crippen LogP contribution >= 0.6 is 43.6 Å². The maximum atomic E-state index is 12.0. The monoisotopic (exact) mass is 457 g/mol. The number of aromatic nitrogens is 1. The number of nitrogens with zero attached hydrogens (tertiary/aromatic N) is 2. The molecule has 5 nitrogen and oxygen atoms in total. The fourth-order valence-electron chi connectivity index (χ4n) is 1.57. The molecule has 0 saturated heterocycles. The van der Waals surface area contributed by atoms with Gasteiger partial charge in [-0.1, -0.05) is 17.8 Å². The highest BCUT2D eigenvalue weighted by molar-refractivity contribution is 9.11. The summed E-state index contributed by atoms with van der Waals surface area (Å²) in [7, 11) is 0. The molecule has 0 aliphatic heterocycles. The molecule has 1 amide bonds. The molecule has 0 fully saturated rings. The lowest BCUT2D eigenvalue weighted by molar-refractivity contribution is -0.120. The first-order valence-corrected chi connectivity index (χ1v) is 9.02. The van der Waals surface area contributed by atoms with Crippen molar-refractivity contribution < 1.29 is 9.90 Å². The zero-order chi connectivity index (χ0) is 16.8. The van der Waals surface area contributed by atoms with Gasteiger partial charge in [-0.05, 0) is 68.6 Å². The van der Waals surface area contributed by atoms with E-state index in [0.717, 1.165) is 10.6 Å². The lowest BCUT2D eigenvalue weighted by Crippen LogP contribution is -2.26. The summed E-state index contributed by atoms with van der Waals surface area (Å²) in [5, 5.41) is 14.0. The molecular formula is C15H13Br2N3O2S. The number of nitrogens with one attached hydrogen (secondary N) is 1. The van der Waals surface area contributed by atoms with Gasteiger partial charge in [-0.25, -0.2) is 10.4 Å². The van der Waals surface area contributed by atoms with Gasteiger partial charge in [-0.3, -0.25) is 4.79 Å². The molecule has 0 aliphatic rings. The van der Waals surface area contributed by atoms with E-state index in [0.29, 0.717) is 8.95 Å². The van der Waals surface area contributed by atoms with Crippen LogP contribution in [0.2, 0.25) is 0 Å². The van der Waals surface area contributed by atoms with Crippen molar-refractivity contribution in [1.29, 1.82) is 0 Å². The maximum Gasteiger partial charge on any atom is 0.253 e. The Morgan fingerprint density at radius 2 is 2.09 bits per heavy atom. The van der Waals surface area contributed by atoms with Crippen LogP contribution in [0.1, 0.15) is 12.5 Å². The van der Waals surface area contributed by atoms with Gasteiger partial charge in [0, 0.05) is 6.20 Å². The van der Waals surface area contributed by atoms with Gasteiger partial charge in [0.05, 0.1) is 25.4 Å². The largest absolute Gasteiger partial charge is 0.506 e. The molecule has 1 atom stereocenters. The van der Waals surface area contributed by atoms with Crippen LogP contribution in [-0.4, -0.2) is 27.5 Å². The van der Waals surface area contributed by atoms with Gasteiger partial charge in [0.15, 0.2) is 0 Å². The number of benzene rings is 1. The Morgan fingerprint density at radius 3 is 2.70 bits per heavy atom. The summed E-state index contributed by atoms with van der Waals surface area (Å²) in [5.41, 5.74) is 3.22. The van der Waals surface area contributed by atoms with Crippen molar-refractivity contribution in [2.45, 2.75) is 17.2 Å². The molecule has 8 heteroatoms. The number of thioether (sulfide) groups is 1. The minimum Gasteiger partial charge on any atom is -0.506 e. The van der Waals surface area contributed by atoms with E-state index in [1.807, 2.05) is 18.2 Å². The fourth-order valence-corrected chi connectivity index (χ4v) is 3.60. The molecule has 1 aromatic carbocycles. The molecular weight excluding hydrogens is 446 g/mol. The van der Waals surface area contributed by atoms with Crippen LogP contribution in [0, 0.1) is 0 Å². The zero-order valence-corrected chi connectivity index (χ0v) is 16.0. The van der Waals surface area contributed by atoms with Gasteiger partial charge in [0.1, 0.15) is 5.75 Å². The number of aromatic hydroxyl groups is 1. The fraction of sp³-hybridized carbons (Fsp3) is 0.133. The highest BCUT2D eigenvalue weighted by Crippen LogP contribution is 2.32. The Morgan fingerprint density at radius 1 is 1.39 bits per heavy atom. The number of halogens is 2. The van der Waals surface area contributed by atoms with Crippen LogP contribution in [0.4, 0.5) is 0 Å². The van der Waals surface area contributed by atoms with E-state index in [1.165, 1.54) is 18.0 Å². The SMILES string of the molecule is C[C@@H](Sc1ccccn1)C(=O)N/N=C\c1cc(Br)c(O)c(Br)c1. The van der Waals surface area contributed by atoms with Crippen molar-refractivity contribution in [3.05, 3.63) is 51.0 Å². The Balaban J connectivity index is 1.93. The Bertz CT molecular complexity index is 703. The van der Waals surface area contributed by atoms with E-state index in [-0.39, 0.29) is 16.9 Å². The first-order chi connectivity index (χ1) is 11.0. The molecule has 0 bridgehead atoms. The van der Waals surface area contributed by atoms with Crippen molar-refractivity contribution in [1.82, 2.24) is 10.4 Å². The summed E-state index contributed by atoms with van der Waals surface area (Å²) in [6.45, 7) is 1.79. The number of amides is 1. The molecule has 2 aromatic rings. The molecule has 120 valence electrons. The molecule has 0 aliphatic carbocycles. The molecule has 0 unspecified atom stereocenters. The van der Waals surface area contributed by atoms with Crippen molar-refractivity contribution in [2.24, 2.45) is 5.10 Å². The lowest BCUT2D eigenvalue weighted by atomic mass is 10.2. The third-order valence-corrected chi connectivity index (χ3v) is 4.99. The summed E-state index contributed by atoms with van der Waals surface area (Å²) in [6.07, 6.45) is 3.19. The van der Waals surface area contributed by atoms with Gasteiger partial charge in [-0.15, -0.1) is 0 Å². The quantitative estimate of drug-likeness (QED) is 0.404. The predicted molar refractivity (Wildman–Crippen MR) is 98.8 cm³/mol. The minimum atomic E-state index is -0.319. The van der Waals surface area contributed by atoms with Gasteiger partial charge in [0.2, 0.25) is 0 Å². The second-order valence-corrected chi connectivity index (χ2v) is 7.57. The summed E-state index contributed by atoms with van der Waals surface area (Å²) in [5.74, 6) is -0.0969. The van der Waals surface area contributed by atoms with Crippen molar-refractivity contribution >= 4 is 55.7 Å². The Kier molecular flexibility index (Phi) is 6.61. The summed E-state index contributed by atoms with van der Waals surface area (Å²) in [4.78, 5) is 16.2. The smallest absolute Gasteiger partial charge is 0.253 e. The van der Waals surface area contributed by atoms with E-state index in [1.54, 1.807) is 25.3 Å². The first-order valence-electron chi connectivity index (χ1n) is 6.56. The molecule has 1 aromatic heterocycles. The van der Waals surface area contributed by atoms with E-state index in [4.69, 9.17) is 0 Å². The van der Waals surface area contributed by atoms with Gasteiger partial charge in [0.25, 0.3) is 5.91 Å². The van der Waals surface area contributed by atoms with E-state index in [9.17, 15) is 9.90 Å². The van der Waals surface area contributed by atoms with E-state index >= 15 is 0 Å². The topological polar surface area (TPSA) is 74.6 Å². The van der Waals surface area contributed by atoms with Gasteiger partial charge < -0.3 is 5.11 Å². The molecule has 0 spiro atoms. The highest BCUT2D eigenvalue weighted by Gasteiger charge is 2.14. The number of carbonyl (C=O) groups is 1. The number of rotatable bonds is 5. The third kappa shape index (κ3) is 5.33. The number of hydrogen-bond acceptors (Lipinski definition) is 5. The average Bonchev–Trinajstić information content (AvgIpc) is 2.53. The van der Waals surface area contributed by atoms with Crippen LogP contribution in [-0.2, 0) is 4.79 Å². The number of phenolic OH excluding ortho intramolecular Hbond substituents is 1. The van der Waals surface area contributed by atoms with Crippen molar-refractivity contribution in [3.8, 4) is 5.75 Å². The number of hydrogen-bond donors (Lipinski definition) is 2. The molecule has 2 N–H and O–H groups in total. The normalized spacial score (nSPS) is 12.3. The number of phenols is 1. The second-order valence-electron chi connectivity index (χ2n) is 4.50. The predicted octanol–water partition coefficient (Wildman–Crippen LogP) is 3.94. The summed E-state index contributed by atoms with van der Waals surface area (Å²) >= 11 is 7.84. The standard InChI is InChI=1S/C15H13Br2N3O2S/c1-9(23-13-4-2-3-5-18-13)15(22)20-19-8-10-6-11(16)14(21)12(17)7-10/h2-9,21H,1H3,(H,20,22)/b19-8-/t9-/m1/s1. The van der Waals surface area contributed by atoms with Crippen LogP contribution < -0.4 is 5.43 Å². The molecule has 23 heavy (non-hydrogen) atoms. The number of pyridine rings is 1. The van der Waals surface area contributed by atoms with E-state index < -0.39 is 0 Å². The van der Waals surface area contributed by atoms with Crippen LogP contribution in [0.5, 0.6) is 5.75 Å². The Labute approximate surface area is 154 Å². The Hall–Kier alpha value is -1.38. The molecule has 2 rings (SSSR count). The minimum absolute atomic E-state index is 0.117. The highest BCUT2D eigenvalue weighted by atomic mass is 79.9. The second kappa shape index (κ2) is 8.47. The van der Waals surface area contributed by atoms with E-state index in [2.05, 4.69) is 47.4 Å². The third-order valence-electron chi connectivity index (χ3n) is 2.73. The summed E-state index contributed by atoms with van der Waals surface area (Å²) < 4.78 is 1.08.